The first-order valence-electron chi connectivity index (χ1n) is 18.2. The molecular weight excluding hydrogens is 768 g/mol. The third-order valence-corrected chi connectivity index (χ3v) is 10.6. The zero-order valence-electron chi connectivity index (χ0n) is 33.9. The number of ether oxygens (including phenoxy) is 3. The Morgan fingerprint density at radius 3 is 0.544 bits per heavy atom. The van der Waals surface area contributed by atoms with Crippen molar-refractivity contribution in [2.45, 2.75) is 137 Å². The fraction of sp³-hybridized carbons (Fsp3) is 0.750. The van der Waals surface area contributed by atoms with E-state index in [0.29, 0.717) is 0 Å². The molecule has 0 amide bonds. The zero-order valence-corrected chi connectivity index (χ0v) is 33.9. The van der Waals surface area contributed by atoms with Crippen molar-refractivity contribution in [1.82, 2.24) is 0 Å². The van der Waals surface area contributed by atoms with Crippen LogP contribution in [0, 0.1) is 16.2 Å². The third kappa shape index (κ3) is 11.6. The third-order valence-electron chi connectivity index (χ3n) is 10.6. The summed E-state index contributed by atoms with van der Waals surface area (Å²) in [6, 6.07) is 0. The molecule has 0 saturated heterocycles. The van der Waals surface area contributed by atoms with E-state index in [-0.39, 0.29) is 58.3 Å². The molecule has 0 aliphatic heterocycles. The lowest BCUT2D eigenvalue weighted by molar-refractivity contribution is -0.205. The Kier molecular flexibility index (Phi) is 23.8. The molecule has 330 valence electrons. The highest BCUT2D eigenvalue weighted by Crippen LogP contribution is 2.46. The number of aliphatic carboxylic acids is 9. The van der Waals surface area contributed by atoms with Crippen LogP contribution >= 0.6 is 0 Å². The molecule has 57 heavy (non-hydrogen) atoms. The molecule has 3 atom stereocenters. The predicted molar refractivity (Wildman–Crippen MR) is 195 cm³/mol. The van der Waals surface area contributed by atoms with Gasteiger partial charge in [0.1, 0.15) is 16.2 Å². The minimum atomic E-state index is -2.27. The van der Waals surface area contributed by atoms with E-state index >= 15 is 0 Å². The van der Waals surface area contributed by atoms with E-state index in [1.54, 1.807) is 0 Å². The Morgan fingerprint density at radius 1 is 0.316 bits per heavy atom. The summed E-state index contributed by atoms with van der Waals surface area (Å²) >= 11 is 0. The number of hydrogen-bond donors (Lipinski definition) is 9. The van der Waals surface area contributed by atoms with Crippen molar-refractivity contribution in [1.29, 1.82) is 0 Å². The topological polar surface area (TPSA) is 363 Å². The average molecular weight is 829 g/mol. The molecule has 0 rings (SSSR count). The monoisotopic (exact) mass is 828 g/mol. The molecule has 21 nitrogen and oxygen atoms in total. The van der Waals surface area contributed by atoms with Crippen LogP contribution in [0.3, 0.4) is 0 Å². The van der Waals surface area contributed by atoms with Crippen molar-refractivity contribution < 1.29 is 103 Å². The summed E-state index contributed by atoms with van der Waals surface area (Å²) in [5, 5.41) is 83.2. The number of hydrogen-bond acceptors (Lipinski definition) is 12. The SMILES string of the molecule is CCOC(CC(=O)O)(C(=O)O)C(CC)(CC)C(=O)O.CCOC(CC(=O)O)(C(=O)O)C(CC)(CC)C(=O)O.CCOC(CC(=O)O)(C(=O)O)C(CC)(CC)C(=O)O. The van der Waals surface area contributed by atoms with Gasteiger partial charge in [0.2, 0.25) is 0 Å². The quantitative estimate of drug-likeness (QED) is 0.0570. The molecule has 0 aromatic rings. The number of carboxylic acids is 9. The van der Waals surface area contributed by atoms with Crippen molar-refractivity contribution in [3.63, 3.8) is 0 Å². The Balaban J connectivity index is -0.000000767. The lowest BCUT2D eigenvalue weighted by Crippen LogP contribution is -2.60. The number of carboxylic acid groups (broad SMARTS) is 9. The van der Waals surface area contributed by atoms with Gasteiger partial charge in [-0.1, -0.05) is 41.5 Å². The van der Waals surface area contributed by atoms with Gasteiger partial charge in [0.25, 0.3) is 0 Å². The van der Waals surface area contributed by atoms with Gasteiger partial charge in [-0.05, 0) is 59.3 Å². The maximum absolute atomic E-state index is 11.6. The van der Waals surface area contributed by atoms with Gasteiger partial charge in [-0.3, -0.25) is 28.8 Å². The molecular formula is C36H60O21. The van der Waals surface area contributed by atoms with Crippen LogP contribution in [0.1, 0.15) is 120 Å². The van der Waals surface area contributed by atoms with E-state index in [9.17, 15) is 73.8 Å². The summed E-state index contributed by atoms with van der Waals surface area (Å²) < 4.78 is 15.4. The van der Waals surface area contributed by atoms with E-state index < -0.39 is 106 Å². The van der Waals surface area contributed by atoms with Crippen LogP contribution in [0.5, 0.6) is 0 Å². The van der Waals surface area contributed by atoms with Gasteiger partial charge in [0, 0.05) is 19.8 Å². The van der Waals surface area contributed by atoms with Crippen LogP contribution in [0.25, 0.3) is 0 Å². The largest absolute Gasteiger partial charge is 0.481 e. The highest BCUT2D eigenvalue weighted by atomic mass is 16.5. The molecule has 0 saturated carbocycles. The molecule has 0 bridgehead atoms. The Morgan fingerprint density at radius 2 is 0.474 bits per heavy atom. The first kappa shape index (κ1) is 56.4. The first-order valence-corrected chi connectivity index (χ1v) is 18.2. The molecule has 0 aliphatic carbocycles. The Bertz CT molecular complexity index is 1240. The second kappa shape index (κ2) is 24.0. The minimum absolute atomic E-state index is 0.0432. The summed E-state index contributed by atoms with van der Waals surface area (Å²) in [6.07, 6.45) is -2.96. The van der Waals surface area contributed by atoms with Crippen molar-refractivity contribution >= 4 is 53.7 Å². The van der Waals surface area contributed by atoms with Gasteiger partial charge in [-0.25, -0.2) is 14.4 Å². The van der Waals surface area contributed by atoms with E-state index in [4.69, 9.17) is 29.5 Å². The standard InChI is InChI=1S/3C12H20O7/c3*1-4-11(5-2,9(15)16)12(10(17)18,19-6-3)7-8(13)14/h3*4-7H2,1-3H3,(H,13,14)(H,15,16)(H,17,18). The van der Waals surface area contributed by atoms with Gasteiger partial charge in [-0.2, -0.15) is 0 Å². The number of carbonyl (C=O) groups is 9. The fourth-order valence-electron chi connectivity index (χ4n) is 7.37. The lowest BCUT2D eigenvalue weighted by Gasteiger charge is -2.42. The summed E-state index contributed by atoms with van der Waals surface area (Å²) in [7, 11) is 0. The molecule has 0 aliphatic rings. The Labute approximate surface area is 329 Å². The molecule has 0 fully saturated rings. The normalized spacial score (nSPS) is 14.7. The smallest absolute Gasteiger partial charge is 0.337 e. The first-order chi connectivity index (χ1) is 26.2. The van der Waals surface area contributed by atoms with Crippen LogP contribution < -0.4 is 0 Å². The highest BCUT2D eigenvalue weighted by Gasteiger charge is 2.64. The minimum Gasteiger partial charge on any atom is -0.481 e. The maximum atomic E-state index is 11.6. The summed E-state index contributed by atoms with van der Waals surface area (Å²) in [5.41, 5.74) is -12.2. The average Bonchev–Trinajstić information content (AvgIpc) is 3.09. The predicted octanol–water partition coefficient (Wildman–Crippen LogP) is 3.64. The second-order valence-corrected chi connectivity index (χ2v) is 12.7. The highest BCUT2D eigenvalue weighted by molar-refractivity contribution is 5.94. The Hall–Kier alpha value is -4.89. The van der Waals surface area contributed by atoms with Gasteiger partial charge in [0.15, 0.2) is 16.8 Å². The lowest BCUT2D eigenvalue weighted by atomic mass is 9.66. The fourth-order valence-corrected chi connectivity index (χ4v) is 7.37. The van der Waals surface area contributed by atoms with Gasteiger partial charge < -0.3 is 60.2 Å². The molecule has 0 spiro atoms. The summed E-state index contributed by atoms with van der Waals surface area (Å²) in [5.74, 6) is -13.0. The van der Waals surface area contributed by atoms with Crippen LogP contribution in [-0.2, 0) is 57.4 Å². The van der Waals surface area contributed by atoms with Gasteiger partial charge in [-0.15, -0.1) is 0 Å². The van der Waals surface area contributed by atoms with Crippen LogP contribution in [0.4, 0.5) is 0 Å². The summed E-state index contributed by atoms with van der Waals surface area (Å²) in [6.45, 7) is 13.3. The van der Waals surface area contributed by atoms with Crippen molar-refractivity contribution in [3.05, 3.63) is 0 Å². The van der Waals surface area contributed by atoms with Crippen molar-refractivity contribution in [3.8, 4) is 0 Å². The van der Waals surface area contributed by atoms with Crippen LogP contribution in [0.15, 0.2) is 0 Å². The molecule has 0 radical (unpaired) electrons. The van der Waals surface area contributed by atoms with Crippen molar-refractivity contribution in [2.75, 3.05) is 19.8 Å². The summed E-state index contributed by atoms with van der Waals surface area (Å²) in [4.78, 5) is 102. The molecule has 21 heteroatoms. The zero-order chi connectivity index (χ0) is 45.8. The molecule has 0 aromatic carbocycles. The van der Waals surface area contributed by atoms with E-state index in [2.05, 4.69) is 0 Å². The molecule has 0 aromatic heterocycles. The van der Waals surface area contributed by atoms with Crippen LogP contribution in [-0.4, -0.2) is 136 Å². The number of rotatable bonds is 27. The van der Waals surface area contributed by atoms with Gasteiger partial charge in [0.05, 0.1) is 19.3 Å². The second-order valence-electron chi connectivity index (χ2n) is 12.7. The van der Waals surface area contributed by atoms with Gasteiger partial charge >= 0.3 is 53.7 Å². The molecule has 0 heterocycles. The van der Waals surface area contributed by atoms with E-state index in [1.807, 2.05) is 0 Å². The van der Waals surface area contributed by atoms with Crippen LogP contribution in [0.2, 0.25) is 0 Å². The molecule has 9 N–H and O–H groups in total. The maximum Gasteiger partial charge on any atom is 0.337 e. The molecule has 3 unspecified atom stereocenters. The van der Waals surface area contributed by atoms with E-state index in [1.165, 1.54) is 62.3 Å². The van der Waals surface area contributed by atoms with Crippen molar-refractivity contribution in [2.24, 2.45) is 16.2 Å². The van der Waals surface area contributed by atoms with E-state index in [0.717, 1.165) is 0 Å².